The third kappa shape index (κ3) is 3.57. The first-order valence-corrected chi connectivity index (χ1v) is 8.28. The van der Waals surface area contributed by atoms with E-state index in [2.05, 4.69) is 5.16 Å². The Morgan fingerprint density at radius 1 is 1.26 bits per heavy atom. The summed E-state index contributed by atoms with van der Waals surface area (Å²) in [6.45, 7) is 5.65. The third-order valence-electron chi connectivity index (χ3n) is 4.83. The summed E-state index contributed by atoms with van der Waals surface area (Å²) in [5.41, 5.74) is 0.611. The molecule has 1 heterocycles. The lowest BCUT2D eigenvalue weighted by Gasteiger charge is -2.44. The van der Waals surface area contributed by atoms with Crippen LogP contribution in [0.4, 0.5) is 0 Å². The van der Waals surface area contributed by atoms with Crippen LogP contribution in [0.15, 0.2) is 4.52 Å². The summed E-state index contributed by atoms with van der Waals surface area (Å²) in [5.74, 6) is 0.140. The topological polar surface area (TPSA) is 72.6 Å². The molecule has 23 heavy (non-hydrogen) atoms. The van der Waals surface area contributed by atoms with E-state index in [9.17, 15) is 9.59 Å². The number of amides is 1. The van der Waals surface area contributed by atoms with Crippen LogP contribution < -0.4 is 0 Å². The van der Waals surface area contributed by atoms with Gasteiger partial charge in [-0.1, -0.05) is 24.4 Å². The number of ether oxygens (including phenoxy) is 1. The van der Waals surface area contributed by atoms with Crippen molar-refractivity contribution in [3.05, 3.63) is 17.0 Å². The summed E-state index contributed by atoms with van der Waals surface area (Å²) < 4.78 is 10.2. The Kier molecular flexibility index (Phi) is 5.44. The highest BCUT2D eigenvalue weighted by Gasteiger charge is 2.42. The second kappa shape index (κ2) is 7.15. The molecule has 0 radical (unpaired) electrons. The summed E-state index contributed by atoms with van der Waals surface area (Å²) in [5, 5.41) is 3.86. The van der Waals surface area contributed by atoms with Crippen LogP contribution in [0.1, 0.15) is 67.3 Å². The molecule has 1 aliphatic rings. The van der Waals surface area contributed by atoms with E-state index in [-0.39, 0.29) is 18.3 Å². The van der Waals surface area contributed by atoms with Gasteiger partial charge in [0.05, 0.1) is 24.3 Å². The van der Waals surface area contributed by atoms with Gasteiger partial charge < -0.3 is 14.2 Å². The lowest BCUT2D eigenvalue weighted by atomic mass is 9.77. The summed E-state index contributed by atoms with van der Waals surface area (Å²) in [4.78, 5) is 26.8. The average Bonchev–Trinajstić information content (AvgIpc) is 2.86. The molecule has 0 N–H and O–H groups in total. The van der Waals surface area contributed by atoms with Crippen molar-refractivity contribution in [1.82, 2.24) is 10.1 Å². The zero-order chi connectivity index (χ0) is 17.0. The largest absolute Gasteiger partial charge is 0.466 e. The fourth-order valence-electron chi connectivity index (χ4n) is 3.49. The highest BCUT2D eigenvalue weighted by atomic mass is 16.5. The molecular formula is C17H26N2O4. The molecule has 0 aliphatic heterocycles. The average molecular weight is 322 g/mol. The molecule has 0 aromatic carbocycles. The Balaban J connectivity index is 2.27. The molecular weight excluding hydrogens is 296 g/mol. The Bertz CT molecular complexity index is 554. The molecule has 128 valence electrons. The van der Waals surface area contributed by atoms with Gasteiger partial charge in [0, 0.05) is 7.05 Å². The lowest BCUT2D eigenvalue weighted by molar-refractivity contribution is -0.146. The number of esters is 1. The van der Waals surface area contributed by atoms with Crippen LogP contribution in [0.25, 0.3) is 0 Å². The van der Waals surface area contributed by atoms with Crippen molar-refractivity contribution in [2.45, 2.75) is 64.8 Å². The Morgan fingerprint density at radius 2 is 1.91 bits per heavy atom. The maximum atomic E-state index is 13.0. The van der Waals surface area contributed by atoms with E-state index >= 15 is 0 Å². The minimum atomic E-state index is -0.474. The van der Waals surface area contributed by atoms with E-state index in [1.54, 1.807) is 32.7 Å². The Morgan fingerprint density at radius 3 is 2.43 bits per heavy atom. The second-order valence-corrected chi connectivity index (χ2v) is 6.33. The number of hydrogen-bond acceptors (Lipinski definition) is 5. The molecule has 1 aromatic heterocycles. The number of aryl methyl sites for hydroxylation is 2. The van der Waals surface area contributed by atoms with E-state index in [1.807, 2.05) is 0 Å². The first kappa shape index (κ1) is 17.5. The van der Waals surface area contributed by atoms with Gasteiger partial charge in [0.25, 0.3) is 5.91 Å². The summed E-state index contributed by atoms with van der Waals surface area (Å²) in [6.07, 6.45) is 5.04. The molecule has 6 heteroatoms. The van der Waals surface area contributed by atoms with Crippen molar-refractivity contribution in [3.63, 3.8) is 0 Å². The van der Waals surface area contributed by atoms with E-state index in [1.165, 1.54) is 0 Å². The number of carbonyl (C=O) groups excluding carboxylic acids is 2. The molecule has 0 spiro atoms. The van der Waals surface area contributed by atoms with Crippen molar-refractivity contribution in [3.8, 4) is 0 Å². The summed E-state index contributed by atoms with van der Waals surface area (Å²) >= 11 is 0. The van der Waals surface area contributed by atoms with E-state index in [0.717, 1.165) is 32.1 Å². The minimum Gasteiger partial charge on any atom is -0.466 e. The van der Waals surface area contributed by atoms with Crippen LogP contribution >= 0.6 is 0 Å². The van der Waals surface area contributed by atoms with Gasteiger partial charge in [0.15, 0.2) is 0 Å². The minimum absolute atomic E-state index is 0.132. The van der Waals surface area contributed by atoms with E-state index in [4.69, 9.17) is 9.26 Å². The third-order valence-corrected chi connectivity index (χ3v) is 4.83. The van der Waals surface area contributed by atoms with Gasteiger partial charge in [-0.05, 0) is 33.6 Å². The van der Waals surface area contributed by atoms with Gasteiger partial charge in [0.1, 0.15) is 11.3 Å². The van der Waals surface area contributed by atoms with Crippen LogP contribution in [0.2, 0.25) is 0 Å². The van der Waals surface area contributed by atoms with Crippen LogP contribution in [0.5, 0.6) is 0 Å². The fourth-order valence-corrected chi connectivity index (χ4v) is 3.49. The van der Waals surface area contributed by atoms with Gasteiger partial charge in [0.2, 0.25) is 0 Å². The summed E-state index contributed by atoms with van der Waals surface area (Å²) in [6, 6.07) is 0. The highest BCUT2D eigenvalue weighted by molar-refractivity contribution is 5.96. The molecule has 1 fully saturated rings. The second-order valence-electron chi connectivity index (χ2n) is 6.33. The molecule has 1 aromatic rings. The number of rotatable bonds is 5. The van der Waals surface area contributed by atoms with Gasteiger partial charge >= 0.3 is 5.97 Å². The van der Waals surface area contributed by atoms with E-state index < -0.39 is 5.54 Å². The number of carbonyl (C=O) groups is 2. The molecule has 0 saturated heterocycles. The predicted octanol–water partition coefficient (Wildman–Crippen LogP) is 3.02. The van der Waals surface area contributed by atoms with E-state index in [0.29, 0.717) is 23.6 Å². The van der Waals surface area contributed by atoms with Crippen molar-refractivity contribution < 1.29 is 18.8 Å². The van der Waals surface area contributed by atoms with Crippen molar-refractivity contribution in [2.75, 3.05) is 13.7 Å². The van der Waals surface area contributed by atoms with Crippen LogP contribution in [0.3, 0.4) is 0 Å². The molecule has 1 aliphatic carbocycles. The maximum Gasteiger partial charge on any atom is 0.308 e. The monoisotopic (exact) mass is 322 g/mol. The molecule has 6 nitrogen and oxygen atoms in total. The smallest absolute Gasteiger partial charge is 0.308 e. The molecule has 2 rings (SSSR count). The predicted molar refractivity (Wildman–Crippen MR) is 85.1 cm³/mol. The molecule has 0 atom stereocenters. The zero-order valence-electron chi connectivity index (χ0n) is 14.5. The Labute approximate surface area is 137 Å². The van der Waals surface area contributed by atoms with Gasteiger partial charge in [-0.25, -0.2) is 0 Å². The van der Waals surface area contributed by atoms with Gasteiger partial charge in [-0.3, -0.25) is 9.59 Å². The summed E-state index contributed by atoms with van der Waals surface area (Å²) in [7, 11) is 1.78. The van der Waals surface area contributed by atoms with Gasteiger partial charge in [-0.15, -0.1) is 0 Å². The number of aromatic nitrogens is 1. The molecule has 0 bridgehead atoms. The van der Waals surface area contributed by atoms with Crippen molar-refractivity contribution >= 4 is 11.9 Å². The normalized spacial score (nSPS) is 16.9. The number of nitrogens with zero attached hydrogens (tertiary/aromatic N) is 2. The SMILES string of the molecule is CCOC(=O)CC1(N(C)C(=O)c2c(C)noc2C)CCCCC1. The quantitative estimate of drug-likeness (QED) is 0.779. The highest BCUT2D eigenvalue weighted by Crippen LogP contribution is 2.37. The molecule has 0 unspecified atom stereocenters. The fraction of sp³-hybridized carbons (Fsp3) is 0.706. The van der Waals surface area contributed by atoms with Gasteiger partial charge in [-0.2, -0.15) is 0 Å². The molecule has 1 amide bonds. The van der Waals surface area contributed by atoms with Crippen LogP contribution in [-0.4, -0.2) is 41.1 Å². The van der Waals surface area contributed by atoms with Crippen LogP contribution in [-0.2, 0) is 9.53 Å². The zero-order valence-corrected chi connectivity index (χ0v) is 14.5. The van der Waals surface area contributed by atoms with Crippen molar-refractivity contribution in [1.29, 1.82) is 0 Å². The van der Waals surface area contributed by atoms with Crippen molar-refractivity contribution in [2.24, 2.45) is 0 Å². The lowest BCUT2D eigenvalue weighted by Crippen LogP contribution is -2.52. The Hall–Kier alpha value is -1.85. The first-order chi connectivity index (χ1) is 10.9. The standard InChI is InChI=1S/C17H26N2O4/c1-5-22-14(20)11-17(9-7-6-8-10-17)19(4)16(21)15-12(2)18-23-13(15)3/h5-11H2,1-4H3. The number of hydrogen-bond donors (Lipinski definition) is 0. The maximum absolute atomic E-state index is 13.0. The first-order valence-electron chi connectivity index (χ1n) is 8.28. The molecule has 1 saturated carbocycles. The van der Waals surface area contributed by atoms with Crippen LogP contribution in [0, 0.1) is 13.8 Å².